The molecule has 1 aromatic carbocycles. The summed E-state index contributed by atoms with van der Waals surface area (Å²) >= 11 is 2.98. The normalized spacial score (nSPS) is 12.1. The molecule has 0 aliphatic carbocycles. The quantitative estimate of drug-likeness (QED) is 0.633. The molecule has 2 aromatic rings. The van der Waals surface area contributed by atoms with Gasteiger partial charge in [0.05, 0.1) is 0 Å². The van der Waals surface area contributed by atoms with E-state index in [1.807, 2.05) is 18.2 Å². The van der Waals surface area contributed by atoms with Crippen LogP contribution in [0.25, 0.3) is 0 Å². The Morgan fingerprint density at radius 2 is 2.15 bits per heavy atom. The van der Waals surface area contributed by atoms with Crippen LogP contribution in [-0.2, 0) is 10.5 Å². The third-order valence-electron chi connectivity index (χ3n) is 2.37. The summed E-state index contributed by atoms with van der Waals surface area (Å²) in [5, 5.41) is 11.2. The molecule has 106 valence electrons. The highest BCUT2D eigenvalue weighted by molar-refractivity contribution is 8.00. The van der Waals surface area contributed by atoms with E-state index in [0.29, 0.717) is 5.13 Å². The maximum absolute atomic E-state index is 11.6. The van der Waals surface area contributed by atoms with Gasteiger partial charge in [-0.1, -0.05) is 53.4 Å². The predicted molar refractivity (Wildman–Crippen MR) is 82.8 cm³/mol. The van der Waals surface area contributed by atoms with Crippen LogP contribution < -0.4 is 11.1 Å². The molecule has 5 nitrogen and oxygen atoms in total. The molecular formula is C13H16N4OS2. The van der Waals surface area contributed by atoms with Crippen molar-refractivity contribution < 1.29 is 4.79 Å². The van der Waals surface area contributed by atoms with Gasteiger partial charge in [-0.2, -0.15) is 0 Å². The number of carbonyl (C=O) groups excluding carboxylic acids is 1. The maximum atomic E-state index is 11.6. The summed E-state index contributed by atoms with van der Waals surface area (Å²) < 4.78 is 0.838. The highest BCUT2D eigenvalue weighted by Crippen LogP contribution is 2.28. The molecule has 0 saturated carbocycles. The van der Waals surface area contributed by atoms with Gasteiger partial charge < -0.3 is 11.1 Å². The first-order valence-corrected chi connectivity index (χ1v) is 7.99. The van der Waals surface area contributed by atoms with Crippen LogP contribution in [0.3, 0.4) is 0 Å². The van der Waals surface area contributed by atoms with E-state index in [4.69, 9.17) is 5.73 Å². The molecular weight excluding hydrogens is 292 g/mol. The molecule has 0 spiro atoms. The van der Waals surface area contributed by atoms with Crippen molar-refractivity contribution in [2.75, 3.05) is 5.32 Å². The van der Waals surface area contributed by atoms with Gasteiger partial charge in [0.15, 0.2) is 4.34 Å². The number of anilines is 1. The lowest BCUT2D eigenvalue weighted by atomic mass is 10.2. The summed E-state index contributed by atoms with van der Waals surface area (Å²) in [5.74, 6) is 0.708. The molecule has 7 heteroatoms. The summed E-state index contributed by atoms with van der Waals surface area (Å²) in [7, 11) is 0. The van der Waals surface area contributed by atoms with Crippen LogP contribution in [0.2, 0.25) is 0 Å². The SMILES string of the molecule is CC(N)CC(=O)Nc1nnc(SCc2ccccc2)s1. The Balaban J connectivity index is 1.84. The molecule has 1 amide bonds. The summed E-state index contributed by atoms with van der Waals surface area (Å²) in [4.78, 5) is 11.6. The van der Waals surface area contributed by atoms with Gasteiger partial charge in [-0.25, -0.2) is 0 Å². The summed E-state index contributed by atoms with van der Waals surface area (Å²) in [6, 6.07) is 9.99. The molecule has 1 aromatic heterocycles. The van der Waals surface area contributed by atoms with E-state index in [-0.39, 0.29) is 18.4 Å². The zero-order valence-corrected chi connectivity index (χ0v) is 12.7. The first-order valence-electron chi connectivity index (χ1n) is 6.19. The number of rotatable bonds is 6. The topological polar surface area (TPSA) is 80.9 Å². The largest absolute Gasteiger partial charge is 0.327 e. The first-order chi connectivity index (χ1) is 9.63. The number of amides is 1. The zero-order valence-electron chi connectivity index (χ0n) is 11.1. The molecule has 0 bridgehead atoms. The van der Waals surface area contributed by atoms with Crippen LogP contribution in [0.1, 0.15) is 18.9 Å². The van der Waals surface area contributed by atoms with Gasteiger partial charge >= 0.3 is 0 Å². The molecule has 0 aliphatic heterocycles. The average molecular weight is 308 g/mol. The predicted octanol–water partition coefficient (Wildman–Crippen LogP) is 2.51. The van der Waals surface area contributed by atoms with Crippen molar-refractivity contribution in [2.45, 2.75) is 29.5 Å². The Kier molecular flexibility index (Phi) is 5.51. The number of hydrogen-bond donors (Lipinski definition) is 2. The van der Waals surface area contributed by atoms with E-state index in [1.165, 1.54) is 16.9 Å². The Bertz CT molecular complexity index is 557. The maximum Gasteiger partial charge on any atom is 0.227 e. The minimum absolute atomic E-state index is 0.129. The van der Waals surface area contributed by atoms with Crippen LogP contribution in [0, 0.1) is 0 Å². The summed E-state index contributed by atoms with van der Waals surface area (Å²) in [6.07, 6.45) is 0.284. The monoisotopic (exact) mass is 308 g/mol. The lowest BCUT2D eigenvalue weighted by molar-refractivity contribution is -0.116. The van der Waals surface area contributed by atoms with Crippen molar-refractivity contribution in [1.29, 1.82) is 0 Å². The van der Waals surface area contributed by atoms with E-state index in [9.17, 15) is 4.79 Å². The second-order valence-corrected chi connectivity index (χ2v) is 6.58. The highest BCUT2D eigenvalue weighted by Gasteiger charge is 2.10. The first kappa shape index (κ1) is 15.0. The van der Waals surface area contributed by atoms with Crippen molar-refractivity contribution in [3.05, 3.63) is 35.9 Å². The van der Waals surface area contributed by atoms with E-state index in [0.717, 1.165) is 10.1 Å². The van der Waals surface area contributed by atoms with Crippen molar-refractivity contribution in [1.82, 2.24) is 10.2 Å². The fraction of sp³-hybridized carbons (Fsp3) is 0.308. The molecule has 0 fully saturated rings. The molecule has 0 radical (unpaired) electrons. The van der Waals surface area contributed by atoms with Crippen molar-refractivity contribution >= 4 is 34.1 Å². The second kappa shape index (κ2) is 7.37. The van der Waals surface area contributed by atoms with E-state index in [1.54, 1.807) is 18.7 Å². The summed E-state index contributed by atoms with van der Waals surface area (Å²) in [5.41, 5.74) is 6.80. The highest BCUT2D eigenvalue weighted by atomic mass is 32.2. The number of hydrogen-bond acceptors (Lipinski definition) is 6. The molecule has 0 aliphatic rings. The second-order valence-electron chi connectivity index (χ2n) is 4.38. The van der Waals surface area contributed by atoms with Crippen LogP contribution in [0.15, 0.2) is 34.7 Å². The summed E-state index contributed by atoms with van der Waals surface area (Å²) in [6.45, 7) is 1.79. The van der Waals surface area contributed by atoms with Crippen molar-refractivity contribution in [2.24, 2.45) is 5.73 Å². The van der Waals surface area contributed by atoms with E-state index >= 15 is 0 Å². The van der Waals surface area contributed by atoms with Crippen molar-refractivity contribution in [3.8, 4) is 0 Å². The minimum Gasteiger partial charge on any atom is -0.327 e. The number of nitrogens with zero attached hydrogens (tertiary/aromatic N) is 2. The fourth-order valence-electron chi connectivity index (χ4n) is 1.50. The molecule has 20 heavy (non-hydrogen) atoms. The van der Waals surface area contributed by atoms with Crippen LogP contribution in [0.5, 0.6) is 0 Å². The van der Waals surface area contributed by atoms with Gasteiger partial charge in [0, 0.05) is 18.2 Å². The minimum atomic E-state index is -0.158. The van der Waals surface area contributed by atoms with Gasteiger partial charge in [-0.05, 0) is 12.5 Å². The molecule has 1 heterocycles. The van der Waals surface area contributed by atoms with Crippen LogP contribution >= 0.6 is 23.1 Å². The molecule has 1 unspecified atom stereocenters. The molecule has 3 N–H and O–H groups in total. The van der Waals surface area contributed by atoms with Gasteiger partial charge in [0.1, 0.15) is 0 Å². The Morgan fingerprint density at radius 3 is 2.85 bits per heavy atom. The molecule has 1 atom stereocenters. The Hall–Kier alpha value is -1.44. The Morgan fingerprint density at radius 1 is 1.40 bits per heavy atom. The van der Waals surface area contributed by atoms with Crippen LogP contribution in [-0.4, -0.2) is 22.1 Å². The number of benzene rings is 1. The average Bonchev–Trinajstić information content (AvgIpc) is 2.84. The van der Waals surface area contributed by atoms with Gasteiger partial charge in [-0.15, -0.1) is 10.2 Å². The number of carbonyl (C=O) groups is 1. The standard InChI is InChI=1S/C13H16N4OS2/c1-9(14)7-11(18)15-12-16-17-13(20-12)19-8-10-5-3-2-4-6-10/h2-6,9H,7-8,14H2,1H3,(H,15,16,18). The lowest BCUT2D eigenvalue weighted by Gasteiger charge is -2.03. The van der Waals surface area contributed by atoms with E-state index in [2.05, 4.69) is 27.6 Å². The Labute approximate surface area is 126 Å². The third kappa shape index (κ3) is 4.92. The number of aromatic nitrogens is 2. The third-order valence-corrected chi connectivity index (χ3v) is 4.41. The fourth-order valence-corrected chi connectivity index (χ4v) is 3.22. The zero-order chi connectivity index (χ0) is 14.4. The number of thioether (sulfide) groups is 1. The molecule has 0 saturated heterocycles. The molecule has 2 rings (SSSR count). The smallest absolute Gasteiger partial charge is 0.227 e. The number of nitrogens with two attached hydrogens (primary N) is 1. The van der Waals surface area contributed by atoms with Crippen LogP contribution in [0.4, 0.5) is 5.13 Å². The van der Waals surface area contributed by atoms with Gasteiger partial charge in [0.25, 0.3) is 0 Å². The number of nitrogens with one attached hydrogen (secondary N) is 1. The van der Waals surface area contributed by atoms with E-state index < -0.39 is 0 Å². The van der Waals surface area contributed by atoms with Gasteiger partial charge in [-0.3, -0.25) is 4.79 Å². The van der Waals surface area contributed by atoms with Gasteiger partial charge in [0.2, 0.25) is 11.0 Å². The van der Waals surface area contributed by atoms with Crippen molar-refractivity contribution in [3.63, 3.8) is 0 Å². The lowest BCUT2D eigenvalue weighted by Crippen LogP contribution is -2.23.